The van der Waals surface area contributed by atoms with Gasteiger partial charge in [0.25, 0.3) is 0 Å². The van der Waals surface area contributed by atoms with Crippen LogP contribution in [0.2, 0.25) is 29.7 Å². The van der Waals surface area contributed by atoms with Gasteiger partial charge in [-0.15, -0.1) is 11.3 Å². The maximum Gasteiger partial charge on any atom is 0.198 e. The molecule has 0 saturated carbocycles. The standard InChI is InChI=1S/C12H8BrClO2S.C11H14ClNOSi.C5H5BrOS.CH4/c13-10-6-5-9(17-10)12(16)11(15)7-3-1-2-4-8(7)14;1-15(2,3)14-11(8-13)9-6-4-5-7-10(9)12;1-7-5-3-2-4(6)8-5;/h1-6,12,16H;4-7,11H,1-3H3;2-3H,1H3;1H4. The van der Waals surface area contributed by atoms with Crippen LogP contribution in [0.15, 0.2) is 80.4 Å². The molecular weight excluding hydrogens is 749 g/mol. The lowest BCUT2D eigenvalue weighted by Crippen LogP contribution is -2.27. The van der Waals surface area contributed by atoms with Gasteiger partial charge in [0, 0.05) is 21.0 Å². The highest BCUT2D eigenvalue weighted by Crippen LogP contribution is 2.31. The summed E-state index contributed by atoms with van der Waals surface area (Å²) < 4.78 is 12.7. The fraction of sp³-hybridized carbons (Fsp3) is 0.241. The third-order valence-electron chi connectivity index (χ3n) is 4.78. The third kappa shape index (κ3) is 12.7. The average Bonchev–Trinajstić information content (AvgIpc) is 3.55. The van der Waals surface area contributed by atoms with Gasteiger partial charge >= 0.3 is 0 Å². The normalized spacial score (nSPS) is 11.8. The number of nitriles is 1. The summed E-state index contributed by atoms with van der Waals surface area (Å²) in [5.41, 5.74) is 1.09. The van der Waals surface area contributed by atoms with Gasteiger partial charge in [-0.3, -0.25) is 4.79 Å². The van der Waals surface area contributed by atoms with E-state index in [2.05, 4.69) is 37.9 Å². The molecule has 0 radical (unpaired) electrons. The number of aliphatic hydroxyl groups is 1. The fourth-order valence-electron chi connectivity index (χ4n) is 3.02. The molecule has 4 aromatic rings. The fourth-order valence-corrected chi connectivity index (χ4v) is 6.94. The van der Waals surface area contributed by atoms with Gasteiger partial charge in [0.05, 0.1) is 25.8 Å². The van der Waals surface area contributed by atoms with E-state index >= 15 is 0 Å². The number of halogens is 4. The molecule has 12 heteroatoms. The predicted molar refractivity (Wildman–Crippen MR) is 182 cm³/mol. The van der Waals surface area contributed by atoms with Crippen molar-refractivity contribution in [3.63, 3.8) is 0 Å². The van der Waals surface area contributed by atoms with Gasteiger partial charge < -0.3 is 14.3 Å². The van der Waals surface area contributed by atoms with Gasteiger partial charge in [0.1, 0.15) is 0 Å². The number of methoxy groups -OCH3 is 1. The monoisotopic (exact) mass is 777 g/mol. The lowest BCUT2D eigenvalue weighted by molar-refractivity contribution is 0.0754. The molecule has 5 nitrogen and oxygen atoms in total. The van der Waals surface area contributed by atoms with E-state index < -0.39 is 20.5 Å². The highest BCUT2D eigenvalue weighted by Gasteiger charge is 2.24. The minimum absolute atomic E-state index is 0. The van der Waals surface area contributed by atoms with Crippen molar-refractivity contribution < 1.29 is 19.1 Å². The van der Waals surface area contributed by atoms with Crippen LogP contribution in [-0.2, 0) is 4.43 Å². The molecule has 0 aliphatic carbocycles. The highest BCUT2D eigenvalue weighted by atomic mass is 79.9. The van der Waals surface area contributed by atoms with Gasteiger partial charge in [-0.05, 0) is 94.0 Å². The third-order valence-corrected chi connectivity index (χ3v) is 9.65. The number of carbonyl (C=O) groups is 1. The average molecular weight is 781 g/mol. The van der Waals surface area contributed by atoms with Crippen molar-refractivity contribution in [1.82, 2.24) is 0 Å². The number of nitrogens with zero attached hydrogens (tertiary/aromatic N) is 1. The van der Waals surface area contributed by atoms with E-state index in [1.165, 1.54) is 11.3 Å². The summed E-state index contributed by atoms with van der Waals surface area (Å²) in [6.45, 7) is 6.15. The Morgan fingerprint density at radius 2 is 1.49 bits per heavy atom. The molecule has 0 spiro atoms. The van der Waals surface area contributed by atoms with Crippen LogP contribution in [0.3, 0.4) is 0 Å². The number of thiophene rings is 2. The van der Waals surface area contributed by atoms with Crippen LogP contribution < -0.4 is 4.74 Å². The summed E-state index contributed by atoms with van der Waals surface area (Å²) in [6.07, 6.45) is -1.71. The van der Waals surface area contributed by atoms with E-state index in [1.54, 1.807) is 60.9 Å². The number of benzene rings is 2. The Bertz CT molecular complexity index is 1440. The molecule has 2 aromatic heterocycles. The Kier molecular flexibility index (Phi) is 16.7. The van der Waals surface area contributed by atoms with E-state index in [9.17, 15) is 9.90 Å². The van der Waals surface area contributed by atoms with Crippen LogP contribution in [0.5, 0.6) is 5.06 Å². The quantitative estimate of drug-likeness (QED) is 0.149. The molecule has 1 N–H and O–H groups in total. The number of hydrogen-bond donors (Lipinski definition) is 1. The zero-order valence-corrected chi connectivity index (χ0v) is 29.3. The van der Waals surface area contributed by atoms with Gasteiger partial charge in [-0.1, -0.05) is 72.3 Å². The number of ether oxygens (including phenoxy) is 1. The summed E-state index contributed by atoms with van der Waals surface area (Å²) in [6, 6.07) is 23.5. The van der Waals surface area contributed by atoms with Crippen LogP contribution >= 0.6 is 77.7 Å². The molecule has 0 aliphatic heterocycles. The Hall–Kier alpha value is -1.52. The predicted octanol–water partition coefficient (Wildman–Crippen LogP) is 11.0. The van der Waals surface area contributed by atoms with Crippen LogP contribution in [0.25, 0.3) is 0 Å². The molecule has 2 atom stereocenters. The Labute approximate surface area is 278 Å². The maximum atomic E-state index is 12.0. The molecule has 0 fully saturated rings. The topological polar surface area (TPSA) is 79.5 Å². The van der Waals surface area contributed by atoms with Gasteiger partial charge in [-0.2, -0.15) is 5.26 Å². The summed E-state index contributed by atoms with van der Waals surface area (Å²) in [4.78, 5) is 12.6. The van der Waals surface area contributed by atoms with Gasteiger partial charge in [-0.25, -0.2) is 0 Å². The smallest absolute Gasteiger partial charge is 0.198 e. The first-order valence-electron chi connectivity index (χ1n) is 11.7. The lowest BCUT2D eigenvalue weighted by atomic mass is 10.1. The maximum absolute atomic E-state index is 12.0. The van der Waals surface area contributed by atoms with Crippen LogP contribution in [0.4, 0.5) is 0 Å². The second-order valence-electron chi connectivity index (χ2n) is 8.91. The van der Waals surface area contributed by atoms with Crippen molar-refractivity contribution >= 4 is 91.8 Å². The molecule has 2 heterocycles. The zero-order chi connectivity index (χ0) is 29.9. The zero-order valence-electron chi connectivity index (χ0n) is 22.0. The lowest BCUT2D eigenvalue weighted by Gasteiger charge is -2.22. The van der Waals surface area contributed by atoms with E-state index in [1.807, 2.05) is 50.0 Å². The van der Waals surface area contributed by atoms with Crippen LogP contribution in [0.1, 0.15) is 40.4 Å². The molecule has 41 heavy (non-hydrogen) atoms. The van der Waals surface area contributed by atoms with Crippen LogP contribution in [0, 0.1) is 11.3 Å². The minimum atomic E-state index is -1.73. The van der Waals surface area contributed by atoms with Crippen molar-refractivity contribution in [2.45, 2.75) is 39.3 Å². The van der Waals surface area contributed by atoms with Crippen molar-refractivity contribution in [3.05, 3.63) is 106 Å². The largest absolute Gasteiger partial charge is 0.487 e. The molecule has 4 rings (SSSR count). The molecule has 0 bridgehead atoms. The summed E-state index contributed by atoms with van der Waals surface area (Å²) in [5, 5.41) is 20.9. The Balaban J connectivity index is 0.000000322. The summed E-state index contributed by atoms with van der Waals surface area (Å²) in [5.74, 6) is -0.384. The van der Waals surface area contributed by atoms with E-state index in [0.717, 1.165) is 18.2 Å². The highest BCUT2D eigenvalue weighted by molar-refractivity contribution is 9.11. The molecular formula is C29H31Br2Cl2NO4S2Si. The number of rotatable bonds is 7. The summed E-state index contributed by atoms with van der Waals surface area (Å²) in [7, 11) is -0.0632. The first-order chi connectivity index (χ1) is 18.9. The second kappa shape index (κ2) is 18.2. The minimum Gasteiger partial charge on any atom is -0.487 e. The van der Waals surface area contributed by atoms with Crippen molar-refractivity contribution in [2.24, 2.45) is 0 Å². The van der Waals surface area contributed by atoms with Crippen molar-refractivity contribution in [3.8, 4) is 11.1 Å². The van der Waals surface area contributed by atoms with Gasteiger partial charge in [0.2, 0.25) is 0 Å². The molecule has 2 aromatic carbocycles. The van der Waals surface area contributed by atoms with Crippen molar-refractivity contribution in [1.29, 1.82) is 5.26 Å². The molecule has 2 unspecified atom stereocenters. The number of Topliss-reactive ketones (excluding diaryl/α,β-unsaturated/α-hetero) is 1. The van der Waals surface area contributed by atoms with E-state index in [4.69, 9.17) is 37.6 Å². The molecule has 0 amide bonds. The molecule has 220 valence electrons. The number of hydrogen-bond acceptors (Lipinski definition) is 7. The van der Waals surface area contributed by atoms with Crippen molar-refractivity contribution in [2.75, 3.05) is 7.11 Å². The van der Waals surface area contributed by atoms with Crippen LogP contribution in [-0.4, -0.2) is 26.3 Å². The Morgan fingerprint density at radius 1 is 0.927 bits per heavy atom. The second-order valence-corrected chi connectivity index (χ2v) is 19.1. The molecule has 0 saturated heterocycles. The number of carbonyl (C=O) groups excluding carboxylic acids is 1. The van der Waals surface area contributed by atoms with E-state index in [0.29, 0.717) is 20.5 Å². The first-order valence-corrected chi connectivity index (χ1v) is 19.1. The molecule has 0 aliphatic rings. The SMILES string of the molecule is C.COc1ccc(Br)s1.C[Si](C)(C)OC(C#N)c1ccccc1Cl.O=C(c1ccccc1Cl)C(O)c1ccc(Br)s1. The number of ketones is 1. The summed E-state index contributed by atoms with van der Waals surface area (Å²) >= 11 is 21.4. The first kappa shape index (κ1) is 37.5. The Morgan fingerprint density at radius 3 is 1.93 bits per heavy atom. The number of aliphatic hydroxyl groups excluding tert-OH is 1. The van der Waals surface area contributed by atoms with Gasteiger partial charge in [0.15, 0.2) is 31.4 Å². The van der Waals surface area contributed by atoms with E-state index in [-0.39, 0.29) is 13.2 Å².